The largest absolute Gasteiger partial charge is 0.299 e. The molecule has 0 aliphatic carbocycles. The maximum Gasteiger partial charge on any atom is 0.0233 e. The van der Waals surface area contributed by atoms with Crippen molar-refractivity contribution in [2.75, 3.05) is 14.1 Å². The van der Waals surface area contributed by atoms with Crippen molar-refractivity contribution in [3.8, 4) is 0 Å². The monoisotopic (exact) mass is 274 g/mol. The lowest BCUT2D eigenvalue weighted by atomic mass is 9.77. The van der Waals surface area contributed by atoms with Gasteiger partial charge in [0.15, 0.2) is 0 Å². The van der Waals surface area contributed by atoms with Crippen LogP contribution in [-0.4, -0.2) is 41.0 Å². The summed E-state index contributed by atoms with van der Waals surface area (Å²) < 4.78 is 0. The number of benzene rings is 1. The van der Waals surface area contributed by atoms with Crippen LogP contribution in [0, 0.1) is 0 Å². The molecule has 0 bridgehead atoms. The second-order valence-corrected chi connectivity index (χ2v) is 7.65. The van der Waals surface area contributed by atoms with E-state index in [4.69, 9.17) is 0 Å². The van der Waals surface area contributed by atoms with E-state index < -0.39 is 0 Å². The Morgan fingerprint density at radius 3 is 2.05 bits per heavy atom. The Balaban J connectivity index is 2.09. The smallest absolute Gasteiger partial charge is 0.0233 e. The van der Waals surface area contributed by atoms with Crippen molar-refractivity contribution in [1.29, 1.82) is 0 Å². The van der Waals surface area contributed by atoms with Crippen LogP contribution in [0.25, 0.3) is 0 Å². The van der Waals surface area contributed by atoms with Crippen molar-refractivity contribution >= 4 is 0 Å². The van der Waals surface area contributed by atoms with E-state index in [1.54, 1.807) is 0 Å². The second-order valence-electron chi connectivity index (χ2n) is 7.65. The van der Waals surface area contributed by atoms with Crippen LogP contribution in [0.5, 0.6) is 0 Å². The molecule has 1 aliphatic rings. The van der Waals surface area contributed by atoms with E-state index >= 15 is 0 Å². The zero-order valence-corrected chi connectivity index (χ0v) is 14.0. The van der Waals surface area contributed by atoms with E-state index in [1.165, 1.54) is 18.4 Å². The lowest BCUT2D eigenvalue weighted by Crippen LogP contribution is -2.62. The normalized spacial score (nSPS) is 23.1. The van der Waals surface area contributed by atoms with E-state index in [0.717, 1.165) is 6.54 Å². The minimum atomic E-state index is 0.261. The molecule has 1 aromatic carbocycles. The Hall–Kier alpha value is -0.860. The first-order valence-corrected chi connectivity index (χ1v) is 7.70. The summed E-state index contributed by atoms with van der Waals surface area (Å²) in [6.07, 6.45) is 2.46. The first-order chi connectivity index (χ1) is 9.22. The Kier molecular flexibility index (Phi) is 4.27. The molecule has 112 valence electrons. The maximum absolute atomic E-state index is 2.55. The quantitative estimate of drug-likeness (QED) is 0.828. The summed E-state index contributed by atoms with van der Waals surface area (Å²) in [6, 6.07) is 11.4. The summed E-state index contributed by atoms with van der Waals surface area (Å²) in [5.41, 5.74) is 1.93. The zero-order valence-electron chi connectivity index (χ0n) is 14.0. The number of likely N-dealkylation sites (tertiary alicyclic amines) is 1. The average molecular weight is 274 g/mol. The number of piperidine rings is 1. The third-order valence-electron chi connectivity index (χ3n) is 5.18. The van der Waals surface area contributed by atoms with Gasteiger partial charge in [0.1, 0.15) is 0 Å². The molecule has 0 saturated carbocycles. The van der Waals surface area contributed by atoms with Crippen LogP contribution in [0.1, 0.15) is 46.1 Å². The molecule has 1 fully saturated rings. The lowest BCUT2D eigenvalue weighted by Gasteiger charge is -2.55. The van der Waals surface area contributed by atoms with Crippen molar-refractivity contribution in [3.63, 3.8) is 0 Å². The van der Waals surface area contributed by atoms with E-state index in [0.29, 0.717) is 6.04 Å². The predicted molar refractivity (Wildman–Crippen MR) is 86.9 cm³/mol. The Morgan fingerprint density at radius 1 is 1.05 bits per heavy atom. The van der Waals surface area contributed by atoms with Crippen LogP contribution in [0.2, 0.25) is 0 Å². The molecule has 0 amide bonds. The SMILES string of the molecule is CN(Cc1ccccc1)C1CC(C)(C)N(C)C(C)(C)C1. The van der Waals surface area contributed by atoms with Crippen molar-refractivity contribution in [3.05, 3.63) is 35.9 Å². The highest BCUT2D eigenvalue weighted by Crippen LogP contribution is 2.38. The number of hydrogen-bond donors (Lipinski definition) is 0. The Morgan fingerprint density at radius 2 is 1.55 bits per heavy atom. The van der Waals surface area contributed by atoms with Gasteiger partial charge in [-0.15, -0.1) is 0 Å². The van der Waals surface area contributed by atoms with Crippen molar-refractivity contribution < 1.29 is 0 Å². The summed E-state index contributed by atoms with van der Waals surface area (Å²) in [7, 11) is 4.54. The Bertz CT molecular complexity index is 418. The van der Waals surface area contributed by atoms with E-state index in [1.807, 2.05) is 0 Å². The highest BCUT2D eigenvalue weighted by atomic mass is 15.3. The first kappa shape index (κ1) is 15.5. The minimum Gasteiger partial charge on any atom is -0.299 e. The van der Waals surface area contributed by atoms with Crippen LogP contribution in [0.15, 0.2) is 30.3 Å². The first-order valence-electron chi connectivity index (χ1n) is 7.70. The number of rotatable bonds is 3. The van der Waals surface area contributed by atoms with Gasteiger partial charge in [-0.1, -0.05) is 30.3 Å². The molecule has 0 radical (unpaired) electrons. The molecule has 1 aliphatic heterocycles. The fraction of sp³-hybridized carbons (Fsp3) is 0.667. The van der Waals surface area contributed by atoms with Crippen LogP contribution in [-0.2, 0) is 6.54 Å². The third kappa shape index (κ3) is 3.24. The van der Waals surface area contributed by atoms with Gasteiger partial charge < -0.3 is 0 Å². The predicted octanol–water partition coefficient (Wildman–Crippen LogP) is 3.77. The van der Waals surface area contributed by atoms with Crippen LogP contribution < -0.4 is 0 Å². The molecular formula is C18H30N2. The van der Waals surface area contributed by atoms with Gasteiger partial charge in [-0.2, -0.15) is 0 Å². The standard InChI is InChI=1S/C18H30N2/c1-17(2)12-16(13-18(3,4)20(17)6)19(5)14-15-10-8-7-9-11-15/h7-11,16H,12-14H2,1-6H3. The highest BCUT2D eigenvalue weighted by molar-refractivity contribution is 5.14. The van der Waals surface area contributed by atoms with Crippen molar-refractivity contribution in [2.24, 2.45) is 0 Å². The average Bonchev–Trinajstić information content (AvgIpc) is 2.36. The summed E-state index contributed by atoms with van der Waals surface area (Å²) >= 11 is 0. The molecule has 0 unspecified atom stereocenters. The molecular weight excluding hydrogens is 244 g/mol. The van der Waals surface area contributed by atoms with Gasteiger partial charge in [0.2, 0.25) is 0 Å². The molecule has 0 aromatic heterocycles. The summed E-state index contributed by atoms with van der Waals surface area (Å²) in [6.45, 7) is 10.5. The van der Waals surface area contributed by atoms with E-state index in [2.05, 4.69) is 81.9 Å². The van der Waals surface area contributed by atoms with Gasteiger partial charge in [-0.25, -0.2) is 0 Å². The van der Waals surface area contributed by atoms with Gasteiger partial charge in [-0.3, -0.25) is 9.80 Å². The fourth-order valence-electron chi connectivity index (χ4n) is 3.63. The zero-order chi connectivity index (χ0) is 15.0. The Labute approximate surface area is 124 Å². The summed E-state index contributed by atoms with van der Waals surface area (Å²) in [5, 5.41) is 0. The fourth-order valence-corrected chi connectivity index (χ4v) is 3.63. The van der Waals surface area contributed by atoms with Gasteiger partial charge >= 0.3 is 0 Å². The summed E-state index contributed by atoms with van der Waals surface area (Å²) in [5.74, 6) is 0. The number of hydrogen-bond acceptors (Lipinski definition) is 2. The lowest BCUT2D eigenvalue weighted by molar-refractivity contribution is -0.0439. The van der Waals surface area contributed by atoms with Gasteiger partial charge in [0.05, 0.1) is 0 Å². The van der Waals surface area contributed by atoms with Gasteiger partial charge in [0.25, 0.3) is 0 Å². The molecule has 1 aromatic rings. The third-order valence-corrected chi connectivity index (χ3v) is 5.18. The van der Waals surface area contributed by atoms with Crippen molar-refractivity contribution in [1.82, 2.24) is 9.80 Å². The maximum atomic E-state index is 2.55. The number of nitrogens with zero attached hydrogens (tertiary/aromatic N) is 2. The molecule has 1 saturated heterocycles. The van der Waals surface area contributed by atoms with Gasteiger partial charge in [-0.05, 0) is 60.2 Å². The molecule has 20 heavy (non-hydrogen) atoms. The highest BCUT2D eigenvalue weighted by Gasteiger charge is 2.43. The molecule has 2 nitrogen and oxygen atoms in total. The van der Waals surface area contributed by atoms with Crippen LogP contribution in [0.4, 0.5) is 0 Å². The minimum absolute atomic E-state index is 0.261. The van der Waals surface area contributed by atoms with Crippen molar-refractivity contribution in [2.45, 2.75) is 64.2 Å². The molecule has 0 atom stereocenters. The van der Waals surface area contributed by atoms with E-state index in [-0.39, 0.29) is 11.1 Å². The van der Waals surface area contributed by atoms with Gasteiger partial charge in [0, 0.05) is 23.7 Å². The molecule has 0 N–H and O–H groups in total. The molecule has 2 rings (SSSR count). The molecule has 1 heterocycles. The summed E-state index contributed by atoms with van der Waals surface area (Å²) in [4.78, 5) is 5.08. The topological polar surface area (TPSA) is 6.48 Å². The van der Waals surface area contributed by atoms with E-state index in [9.17, 15) is 0 Å². The van der Waals surface area contributed by atoms with Crippen LogP contribution in [0.3, 0.4) is 0 Å². The molecule has 2 heteroatoms. The second kappa shape index (κ2) is 5.50. The molecule has 0 spiro atoms. The van der Waals surface area contributed by atoms with Crippen LogP contribution >= 0.6 is 0 Å².